The molecule has 1 amide bonds. The van der Waals surface area contributed by atoms with Gasteiger partial charge < -0.3 is 10.4 Å². The average molecular weight is 227 g/mol. The van der Waals surface area contributed by atoms with Gasteiger partial charge in [-0.05, 0) is 26.2 Å². The van der Waals surface area contributed by atoms with Crippen molar-refractivity contribution in [1.29, 1.82) is 0 Å². The number of unbranched alkanes of at least 4 members (excludes halogenated alkanes) is 3. The Labute approximate surface area is 96.7 Å². The summed E-state index contributed by atoms with van der Waals surface area (Å²) in [7, 11) is 0. The van der Waals surface area contributed by atoms with Gasteiger partial charge in [0, 0.05) is 12.5 Å². The van der Waals surface area contributed by atoms with E-state index in [-0.39, 0.29) is 18.4 Å². The number of carbonyl (C=O) groups excluding carboxylic acids is 1. The minimum Gasteiger partial charge on any atom is -0.481 e. The molecule has 0 aliphatic carbocycles. The summed E-state index contributed by atoms with van der Waals surface area (Å²) in [5.74, 6) is -0.953. The molecule has 1 atom stereocenters. The van der Waals surface area contributed by atoms with Crippen molar-refractivity contribution in [3.8, 4) is 0 Å². The number of nitrogens with one attached hydrogen (secondary N) is 1. The molecule has 0 fully saturated rings. The third-order valence-electron chi connectivity index (χ3n) is 2.20. The van der Waals surface area contributed by atoms with Crippen LogP contribution in [0.1, 0.15) is 45.4 Å². The summed E-state index contributed by atoms with van der Waals surface area (Å²) < 4.78 is 0. The molecule has 0 aromatic carbocycles. The Morgan fingerprint density at radius 1 is 1.38 bits per heavy atom. The van der Waals surface area contributed by atoms with Crippen LogP contribution in [-0.4, -0.2) is 23.0 Å². The van der Waals surface area contributed by atoms with Gasteiger partial charge in [-0.2, -0.15) is 0 Å². The maximum atomic E-state index is 11.3. The van der Waals surface area contributed by atoms with E-state index in [9.17, 15) is 9.59 Å². The van der Waals surface area contributed by atoms with E-state index in [0.717, 1.165) is 25.7 Å². The van der Waals surface area contributed by atoms with Gasteiger partial charge in [0.15, 0.2) is 0 Å². The van der Waals surface area contributed by atoms with Crippen LogP contribution in [0.5, 0.6) is 0 Å². The molecule has 0 aliphatic rings. The van der Waals surface area contributed by atoms with E-state index in [1.54, 1.807) is 6.92 Å². The summed E-state index contributed by atoms with van der Waals surface area (Å²) in [4.78, 5) is 21.7. The molecule has 0 aromatic heterocycles. The Kier molecular flexibility index (Phi) is 8.21. The molecule has 0 bridgehead atoms. The van der Waals surface area contributed by atoms with Gasteiger partial charge in [-0.25, -0.2) is 0 Å². The summed E-state index contributed by atoms with van der Waals surface area (Å²) in [6.45, 7) is 5.32. The molecular weight excluding hydrogens is 206 g/mol. The van der Waals surface area contributed by atoms with Crippen LogP contribution in [0.2, 0.25) is 0 Å². The normalized spacial score (nSPS) is 11.8. The lowest BCUT2D eigenvalue weighted by atomic mass is 10.1. The van der Waals surface area contributed by atoms with Gasteiger partial charge >= 0.3 is 5.97 Å². The second-order valence-electron chi connectivity index (χ2n) is 3.95. The standard InChI is InChI=1S/C12H21NO3/c1-3-4-5-6-7-8-11(14)13-10(2)9-12(15)16/h3,10H,1,4-9H2,2H3,(H,13,14)(H,15,16). The SMILES string of the molecule is C=CCCCCCC(=O)NC(C)CC(=O)O. The van der Waals surface area contributed by atoms with Gasteiger partial charge in [-0.15, -0.1) is 6.58 Å². The van der Waals surface area contributed by atoms with Crippen molar-refractivity contribution in [3.63, 3.8) is 0 Å². The molecule has 4 nitrogen and oxygen atoms in total. The Bertz CT molecular complexity index is 238. The molecule has 0 aromatic rings. The molecule has 92 valence electrons. The van der Waals surface area contributed by atoms with Crippen LogP contribution in [0.15, 0.2) is 12.7 Å². The highest BCUT2D eigenvalue weighted by molar-refractivity contribution is 5.77. The number of allylic oxidation sites excluding steroid dienone is 1. The van der Waals surface area contributed by atoms with Gasteiger partial charge in [0.1, 0.15) is 0 Å². The average Bonchev–Trinajstić information content (AvgIpc) is 2.15. The lowest BCUT2D eigenvalue weighted by Crippen LogP contribution is -2.33. The van der Waals surface area contributed by atoms with E-state index >= 15 is 0 Å². The number of amides is 1. The van der Waals surface area contributed by atoms with Gasteiger partial charge in [0.05, 0.1) is 6.42 Å². The van der Waals surface area contributed by atoms with Crippen LogP contribution in [0.4, 0.5) is 0 Å². The Balaban J connectivity index is 3.50. The lowest BCUT2D eigenvalue weighted by molar-refractivity contribution is -0.137. The predicted octanol–water partition coefficient (Wildman–Crippen LogP) is 2.10. The zero-order valence-corrected chi connectivity index (χ0v) is 9.87. The predicted molar refractivity (Wildman–Crippen MR) is 63.1 cm³/mol. The number of hydrogen-bond acceptors (Lipinski definition) is 2. The summed E-state index contributed by atoms with van der Waals surface area (Å²) in [6.07, 6.45) is 6.21. The molecule has 1 unspecified atom stereocenters. The van der Waals surface area contributed by atoms with Gasteiger partial charge in [0.25, 0.3) is 0 Å². The Morgan fingerprint density at radius 2 is 2.06 bits per heavy atom. The number of rotatable bonds is 9. The van der Waals surface area contributed by atoms with E-state index in [1.165, 1.54) is 0 Å². The number of carbonyl (C=O) groups is 2. The number of hydrogen-bond donors (Lipinski definition) is 2. The van der Waals surface area contributed by atoms with Crippen LogP contribution in [0.3, 0.4) is 0 Å². The first-order valence-corrected chi connectivity index (χ1v) is 5.68. The lowest BCUT2D eigenvalue weighted by Gasteiger charge is -2.11. The minimum atomic E-state index is -0.890. The zero-order chi connectivity index (χ0) is 12.4. The third kappa shape index (κ3) is 9.24. The molecule has 0 rings (SSSR count). The molecule has 0 aliphatic heterocycles. The van der Waals surface area contributed by atoms with Crippen molar-refractivity contribution >= 4 is 11.9 Å². The van der Waals surface area contributed by atoms with Crippen molar-refractivity contribution in [3.05, 3.63) is 12.7 Å². The molecule has 0 radical (unpaired) electrons. The van der Waals surface area contributed by atoms with Crippen molar-refractivity contribution in [2.45, 2.75) is 51.5 Å². The smallest absolute Gasteiger partial charge is 0.305 e. The minimum absolute atomic E-state index is 0.0256. The molecule has 0 heterocycles. The molecular formula is C12H21NO3. The van der Waals surface area contributed by atoms with E-state index in [4.69, 9.17) is 5.11 Å². The van der Waals surface area contributed by atoms with Crippen molar-refractivity contribution in [2.24, 2.45) is 0 Å². The fraction of sp³-hybridized carbons (Fsp3) is 0.667. The second kappa shape index (κ2) is 8.95. The first-order chi connectivity index (χ1) is 7.56. The monoisotopic (exact) mass is 227 g/mol. The van der Waals surface area contributed by atoms with E-state index < -0.39 is 5.97 Å². The van der Waals surface area contributed by atoms with Crippen LogP contribution in [0.25, 0.3) is 0 Å². The summed E-state index contributed by atoms with van der Waals surface area (Å²) in [5, 5.41) is 11.2. The van der Waals surface area contributed by atoms with Crippen LogP contribution in [-0.2, 0) is 9.59 Å². The first-order valence-electron chi connectivity index (χ1n) is 5.68. The van der Waals surface area contributed by atoms with E-state index in [2.05, 4.69) is 11.9 Å². The molecule has 0 saturated carbocycles. The fourth-order valence-electron chi connectivity index (χ4n) is 1.41. The molecule has 0 saturated heterocycles. The second-order valence-corrected chi connectivity index (χ2v) is 3.95. The highest BCUT2D eigenvalue weighted by atomic mass is 16.4. The van der Waals surface area contributed by atoms with Crippen LogP contribution < -0.4 is 5.32 Å². The number of carboxylic acid groups (broad SMARTS) is 1. The Hall–Kier alpha value is -1.32. The first kappa shape index (κ1) is 14.7. The quantitative estimate of drug-likeness (QED) is 0.468. The van der Waals surface area contributed by atoms with Gasteiger partial charge in [0.2, 0.25) is 5.91 Å². The summed E-state index contributed by atoms with van der Waals surface area (Å²) >= 11 is 0. The van der Waals surface area contributed by atoms with Gasteiger partial charge in [-0.3, -0.25) is 9.59 Å². The van der Waals surface area contributed by atoms with Crippen molar-refractivity contribution in [1.82, 2.24) is 5.32 Å². The highest BCUT2D eigenvalue weighted by Crippen LogP contribution is 2.03. The van der Waals surface area contributed by atoms with Gasteiger partial charge in [-0.1, -0.05) is 12.5 Å². The van der Waals surface area contributed by atoms with Crippen molar-refractivity contribution < 1.29 is 14.7 Å². The Morgan fingerprint density at radius 3 is 2.62 bits per heavy atom. The fourth-order valence-corrected chi connectivity index (χ4v) is 1.41. The molecule has 16 heavy (non-hydrogen) atoms. The maximum absolute atomic E-state index is 11.3. The zero-order valence-electron chi connectivity index (χ0n) is 9.87. The van der Waals surface area contributed by atoms with E-state index in [0.29, 0.717) is 6.42 Å². The largest absolute Gasteiger partial charge is 0.481 e. The third-order valence-corrected chi connectivity index (χ3v) is 2.20. The maximum Gasteiger partial charge on any atom is 0.305 e. The molecule has 0 spiro atoms. The highest BCUT2D eigenvalue weighted by Gasteiger charge is 2.10. The summed E-state index contributed by atoms with van der Waals surface area (Å²) in [6, 6.07) is -0.293. The van der Waals surface area contributed by atoms with Crippen LogP contribution in [0, 0.1) is 0 Å². The van der Waals surface area contributed by atoms with E-state index in [1.807, 2.05) is 6.08 Å². The molecule has 4 heteroatoms. The molecule has 2 N–H and O–H groups in total. The summed E-state index contributed by atoms with van der Waals surface area (Å²) in [5.41, 5.74) is 0. The van der Waals surface area contributed by atoms with Crippen molar-refractivity contribution in [2.75, 3.05) is 0 Å². The number of aliphatic carboxylic acids is 1. The van der Waals surface area contributed by atoms with Crippen LogP contribution >= 0.6 is 0 Å². The number of carboxylic acids is 1. The topological polar surface area (TPSA) is 66.4 Å².